The molecule has 0 saturated carbocycles. The number of hydrogen-bond donors (Lipinski definition) is 1. The van der Waals surface area contributed by atoms with Crippen LogP contribution in [0.25, 0.3) is 0 Å². The van der Waals surface area contributed by atoms with Crippen molar-refractivity contribution in [1.29, 1.82) is 0 Å². The number of hydrogen-bond acceptors (Lipinski definition) is 4. The number of nitrogens with zero attached hydrogens (tertiary/aromatic N) is 1. The smallest absolute Gasteiger partial charge is 0.0593 e. The molecule has 4 heteroatoms. The second-order valence-electron chi connectivity index (χ2n) is 6.54. The van der Waals surface area contributed by atoms with Crippen molar-refractivity contribution in [2.45, 2.75) is 52.1 Å². The summed E-state index contributed by atoms with van der Waals surface area (Å²) in [4.78, 5) is 2.61. The van der Waals surface area contributed by atoms with Gasteiger partial charge in [0.2, 0.25) is 0 Å². The van der Waals surface area contributed by atoms with Crippen molar-refractivity contribution in [3.8, 4) is 0 Å². The van der Waals surface area contributed by atoms with E-state index in [1.165, 1.54) is 6.42 Å². The standard InChI is InChI=1S/C16H34N2O2/c1-6-16(4)13-18(15(12-17-16)14(2)3)8-11-20-10-7-9-19-5/h14-15,17H,6-13H2,1-5H3. The van der Waals surface area contributed by atoms with E-state index >= 15 is 0 Å². The lowest BCUT2D eigenvalue weighted by Gasteiger charge is -2.47. The third kappa shape index (κ3) is 5.68. The molecule has 4 nitrogen and oxygen atoms in total. The Bertz CT molecular complexity index is 261. The molecule has 2 atom stereocenters. The van der Waals surface area contributed by atoms with Gasteiger partial charge in [-0.1, -0.05) is 20.8 Å². The molecule has 1 heterocycles. The van der Waals surface area contributed by atoms with E-state index < -0.39 is 0 Å². The van der Waals surface area contributed by atoms with Crippen LogP contribution in [0.2, 0.25) is 0 Å². The summed E-state index contributed by atoms with van der Waals surface area (Å²) >= 11 is 0. The third-order valence-corrected chi connectivity index (χ3v) is 4.47. The molecule has 1 aliphatic heterocycles. The van der Waals surface area contributed by atoms with Crippen LogP contribution in [-0.2, 0) is 9.47 Å². The highest BCUT2D eigenvalue weighted by Crippen LogP contribution is 2.22. The molecule has 0 bridgehead atoms. The molecule has 2 unspecified atom stereocenters. The summed E-state index contributed by atoms with van der Waals surface area (Å²) in [6.45, 7) is 14.9. The predicted molar refractivity (Wildman–Crippen MR) is 84.2 cm³/mol. The SMILES string of the molecule is CCC1(C)CN(CCOCCCOC)C(C(C)C)CN1. The lowest BCUT2D eigenvalue weighted by molar-refractivity contribution is 0.0246. The van der Waals surface area contributed by atoms with E-state index in [0.717, 1.165) is 45.9 Å². The van der Waals surface area contributed by atoms with Gasteiger partial charge in [0, 0.05) is 51.5 Å². The summed E-state index contributed by atoms with van der Waals surface area (Å²) in [5.74, 6) is 0.678. The Hall–Kier alpha value is -0.160. The van der Waals surface area contributed by atoms with Gasteiger partial charge in [-0.3, -0.25) is 4.90 Å². The lowest BCUT2D eigenvalue weighted by Crippen LogP contribution is -2.64. The van der Waals surface area contributed by atoms with E-state index in [-0.39, 0.29) is 5.54 Å². The Labute approximate surface area is 125 Å². The summed E-state index contributed by atoms with van der Waals surface area (Å²) in [5, 5.41) is 3.73. The highest BCUT2D eigenvalue weighted by atomic mass is 16.5. The maximum Gasteiger partial charge on any atom is 0.0593 e. The zero-order chi connectivity index (χ0) is 15.0. The van der Waals surface area contributed by atoms with Crippen LogP contribution in [0, 0.1) is 5.92 Å². The minimum absolute atomic E-state index is 0.251. The number of nitrogens with one attached hydrogen (secondary N) is 1. The zero-order valence-electron chi connectivity index (χ0n) is 14.1. The molecule has 0 aliphatic carbocycles. The molecule has 0 aromatic carbocycles. The van der Waals surface area contributed by atoms with Crippen LogP contribution in [0.15, 0.2) is 0 Å². The van der Waals surface area contributed by atoms with Gasteiger partial charge in [-0.05, 0) is 25.7 Å². The summed E-state index contributed by atoms with van der Waals surface area (Å²) in [5.41, 5.74) is 0.251. The third-order valence-electron chi connectivity index (χ3n) is 4.47. The van der Waals surface area contributed by atoms with Gasteiger partial charge in [0.15, 0.2) is 0 Å². The van der Waals surface area contributed by atoms with Gasteiger partial charge in [-0.2, -0.15) is 0 Å². The first-order valence-corrected chi connectivity index (χ1v) is 8.08. The van der Waals surface area contributed by atoms with Crippen LogP contribution in [0.3, 0.4) is 0 Å². The monoisotopic (exact) mass is 286 g/mol. The van der Waals surface area contributed by atoms with E-state index in [9.17, 15) is 0 Å². The van der Waals surface area contributed by atoms with Crippen LogP contribution >= 0.6 is 0 Å². The normalized spacial score (nSPS) is 28.2. The molecule has 120 valence electrons. The van der Waals surface area contributed by atoms with Crippen molar-refractivity contribution >= 4 is 0 Å². The minimum Gasteiger partial charge on any atom is -0.385 e. The van der Waals surface area contributed by atoms with E-state index in [4.69, 9.17) is 9.47 Å². The van der Waals surface area contributed by atoms with Gasteiger partial charge >= 0.3 is 0 Å². The average molecular weight is 286 g/mol. The van der Waals surface area contributed by atoms with E-state index in [2.05, 4.69) is 37.9 Å². The largest absolute Gasteiger partial charge is 0.385 e. The van der Waals surface area contributed by atoms with Crippen molar-refractivity contribution in [2.24, 2.45) is 5.92 Å². The maximum absolute atomic E-state index is 5.73. The second-order valence-corrected chi connectivity index (χ2v) is 6.54. The van der Waals surface area contributed by atoms with Gasteiger partial charge in [0.1, 0.15) is 0 Å². The summed E-state index contributed by atoms with van der Waals surface area (Å²) in [6, 6.07) is 0.622. The van der Waals surface area contributed by atoms with Crippen molar-refractivity contribution in [3.63, 3.8) is 0 Å². The molecule has 0 amide bonds. The van der Waals surface area contributed by atoms with Gasteiger partial charge < -0.3 is 14.8 Å². The second kappa shape index (κ2) is 8.98. The molecule has 1 saturated heterocycles. The highest BCUT2D eigenvalue weighted by Gasteiger charge is 2.35. The topological polar surface area (TPSA) is 33.7 Å². The first-order chi connectivity index (χ1) is 9.52. The fraction of sp³-hybridized carbons (Fsp3) is 1.00. The van der Waals surface area contributed by atoms with Gasteiger partial charge in [0.25, 0.3) is 0 Å². The van der Waals surface area contributed by atoms with Crippen LogP contribution in [-0.4, -0.2) is 63.0 Å². The first kappa shape index (κ1) is 17.9. The Morgan fingerprint density at radius 2 is 2.05 bits per heavy atom. The summed E-state index contributed by atoms with van der Waals surface area (Å²) < 4.78 is 10.8. The molecule has 1 rings (SSSR count). The van der Waals surface area contributed by atoms with Crippen LogP contribution < -0.4 is 5.32 Å². The number of rotatable bonds is 9. The summed E-state index contributed by atoms with van der Waals surface area (Å²) in [6.07, 6.45) is 2.15. The maximum atomic E-state index is 5.73. The Morgan fingerprint density at radius 3 is 2.65 bits per heavy atom. The predicted octanol–water partition coefficient (Wildman–Crippen LogP) is 2.14. The van der Waals surface area contributed by atoms with Crippen molar-refractivity contribution in [1.82, 2.24) is 10.2 Å². The molecule has 0 radical (unpaired) electrons. The quantitative estimate of drug-likeness (QED) is 0.659. The van der Waals surface area contributed by atoms with E-state index in [1.807, 2.05) is 0 Å². The van der Waals surface area contributed by atoms with E-state index in [0.29, 0.717) is 12.0 Å². The van der Waals surface area contributed by atoms with Crippen LogP contribution in [0.4, 0.5) is 0 Å². The summed E-state index contributed by atoms with van der Waals surface area (Å²) in [7, 11) is 1.74. The molecule has 0 spiro atoms. The Kier molecular flexibility index (Phi) is 8.03. The number of piperazine rings is 1. The van der Waals surface area contributed by atoms with Crippen molar-refractivity contribution in [3.05, 3.63) is 0 Å². The molecule has 0 aromatic heterocycles. The molecule has 1 N–H and O–H groups in total. The highest BCUT2D eigenvalue weighted by molar-refractivity contribution is 4.95. The minimum atomic E-state index is 0.251. The van der Waals surface area contributed by atoms with Gasteiger partial charge in [-0.25, -0.2) is 0 Å². The lowest BCUT2D eigenvalue weighted by atomic mass is 9.90. The molecule has 20 heavy (non-hydrogen) atoms. The van der Waals surface area contributed by atoms with Crippen LogP contribution in [0.1, 0.15) is 40.5 Å². The fourth-order valence-electron chi connectivity index (χ4n) is 2.83. The zero-order valence-corrected chi connectivity index (χ0v) is 14.1. The Morgan fingerprint density at radius 1 is 1.30 bits per heavy atom. The fourth-order valence-corrected chi connectivity index (χ4v) is 2.83. The molecule has 1 fully saturated rings. The first-order valence-electron chi connectivity index (χ1n) is 8.08. The van der Waals surface area contributed by atoms with E-state index in [1.54, 1.807) is 7.11 Å². The van der Waals surface area contributed by atoms with Crippen molar-refractivity contribution < 1.29 is 9.47 Å². The van der Waals surface area contributed by atoms with Gasteiger partial charge in [-0.15, -0.1) is 0 Å². The number of ether oxygens (including phenoxy) is 2. The Balaban J connectivity index is 2.36. The van der Waals surface area contributed by atoms with Crippen molar-refractivity contribution in [2.75, 3.05) is 46.6 Å². The number of methoxy groups -OCH3 is 1. The van der Waals surface area contributed by atoms with Gasteiger partial charge in [0.05, 0.1) is 6.61 Å². The molecule has 1 aliphatic rings. The van der Waals surface area contributed by atoms with Crippen LogP contribution in [0.5, 0.6) is 0 Å². The molecular formula is C16H34N2O2. The molecular weight excluding hydrogens is 252 g/mol. The molecule has 0 aromatic rings. The average Bonchev–Trinajstić information content (AvgIpc) is 2.42.